The molecule has 0 unspecified atom stereocenters. The molecule has 2 aromatic rings. The molecular weight excluding hydrogens is 262 g/mol. The predicted octanol–water partition coefficient (Wildman–Crippen LogP) is 1.47. The number of hydrogen-bond donors (Lipinski definition) is 1. The molecule has 0 aliphatic rings. The highest BCUT2D eigenvalue weighted by molar-refractivity contribution is 5.66. The number of carboxylic acids is 1. The molecule has 0 radical (unpaired) electrons. The third-order valence-electron chi connectivity index (χ3n) is 2.66. The van der Waals surface area contributed by atoms with E-state index in [1.165, 1.54) is 0 Å². The number of carbonyl (C=O) groups is 1. The lowest BCUT2D eigenvalue weighted by atomic mass is 10.2. The molecule has 0 aliphatic heterocycles. The Morgan fingerprint density at radius 2 is 2.30 bits per heavy atom. The van der Waals surface area contributed by atoms with Crippen molar-refractivity contribution >= 4 is 5.97 Å². The Morgan fingerprint density at radius 3 is 2.95 bits per heavy atom. The molecule has 0 spiro atoms. The lowest BCUT2D eigenvalue weighted by molar-refractivity contribution is -0.137. The van der Waals surface area contributed by atoms with Crippen LogP contribution in [0.15, 0.2) is 22.9 Å². The largest absolute Gasteiger partial charge is 0.481 e. The molecule has 106 valence electrons. The van der Waals surface area contributed by atoms with E-state index < -0.39 is 5.97 Å². The van der Waals surface area contributed by atoms with Crippen molar-refractivity contribution in [2.75, 3.05) is 7.11 Å². The van der Waals surface area contributed by atoms with Crippen LogP contribution in [0.4, 0.5) is 0 Å². The van der Waals surface area contributed by atoms with Crippen molar-refractivity contribution in [1.82, 2.24) is 15.1 Å². The van der Waals surface area contributed by atoms with E-state index in [4.69, 9.17) is 14.4 Å². The summed E-state index contributed by atoms with van der Waals surface area (Å²) in [4.78, 5) is 18.7. The van der Waals surface area contributed by atoms with Gasteiger partial charge in [-0.3, -0.25) is 4.79 Å². The van der Waals surface area contributed by atoms with E-state index in [0.29, 0.717) is 36.9 Å². The summed E-state index contributed by atoms with van der Waals surface area (Å²) < 4.78 is 10.0. The molecule has 7 nitrogen and oxygen atoms in total. The number of ether oxygens (including phenoxy) is 1. The zero-order valence-electron chi connectivity index (χ0n) is 11.1. The number of carboxylic acid groups (broad SMARTS) is 1. The van der Waals surface area contributed by atoms with Crippen LogP contribution in [0.5, 0.6) is 5.88 Å². The van der Waals surface area contributed by atoms with Gasteiger partial charge < -0.3 is 14.4 Å². The second kappa shape index (κ2) is 6.65. The molecular formula is C13H15N3O4. The summed E-state index contributed by atoms with van der Waals surface area (Å²) in [5.41, 5.74) is 0.948. The quantitative estimate of drug-likeness (QED) is 0.818. The summed E-state index contributed by atoms with van der Waals surface area (Å²) in [6.07, 6.45) is 3.26. The zero-order chi connectivity index (χ0) is 14.4. The maximum absolute atomic E-state index is 10.4. The zero-order valence-corrected chi connectivity index (χ0v) is 11.1. The Hall–Kier alpha value is -2.44. The Morgan fingerprint density at radius 1 is 1.45 bits per heavy atom. The highest BCUT2D eigenvalue weighted by atomic mass is 16.5. The van der Waals surface area contributed by atoms with Gasteiger partial charge in [-0.15, -0.1) is 0 Å². The molecule has 0 saturated heterocycles. The second-order valence-corrected chi connectivity index (χ2v) is 4.24. The molecule has 0 amide bonds. The Bertz CT molecular complexity index is 565. The first kappa shape index (κ1) is 14.0. The van der Waals surface area contributed by atoms with Crippen molar-refractivity contribution in [2.24, 2.45) is 0 Å². The smallest absolute Gasteiger partial charge is 0.303 e. The van der Waals surface area contributed by atoms with Crippen molar-refractivity contribution in [3.05, 3.63) is 35.6 Å². The molecule has 0 bridgehead atoms. The highest BCUT2D eigenvalue weighted by Gasteiger charge is 2.08. The minimum Gasteiger partial charge on any atom is -0.481 e. The third kappa shape index (κ3) is 4.04. The Kier molecular flexibility index (Phi) is 4.65. The highest BCUT2D eigenvalue weighted by Crippen LogP contribution is 2.11. The molecule has 0 fully saturated rings. The van der Waals surface area contributed by atoms with Crippen LogP contribution in [0.2, 0.25) is 0 Å². The summed E-state index contributed by atoms with van der Waals surface area (Å²) in [6, 6.07) is 3.65. The van der Waals surface area contributed by atoms with Gasteiger partial charge in [-0.05, 0) is 12.0 Å². The third-order valence-corrected chi connectivity index (χ3v) is 2.66. The first-order valence-corrected chi connectivity index (χ1v) is 6.19. The summed E-state index contributed by atoms with van der Waals surface area (Å²) in [6.45, 7) is 0. The Labute approximate surface area is 115 Å². The molecule has 20 heavy (non-hydrogen) atoms. The van der Waals surface area contributed by atoms with Crippen molar-refractivity contribution in [3.63, 3.8) is 0 Å². The lowest BCUT2D eigenvalue weighted by Gasteiger charge is -1.99. The number of nitrogens with zero attached hydrogens (tertiary/aromatic N) is 3. The van der Waals surface area contributed by atoms with Crippen LogP contribution >= 0.6 is 0 Å². The van der Waals surface area contributed by atoms with Gasteiger partial charge in [-0.2, -0.15) is 4.98 Å². The van der Waals surface area contributed by atoms with Crippen LogP contribution in [0.25, 0.3) is 0 Å². The van der Waals surface area contributed by atoms with E-state index in [2.05, 4.69) is 15.1 Å². The van der Waals surface area contributed by atoms with Crippen molar-refractivity contribution in [3.8, 4) is 5.88 Å². The summed E-state index contributed by atoms with van der Waals surface area (Å²) in [5.74, 6) is 0.746. The van der Waals surface area contributed by atoms with Crippen molar-refractivity contribution in [1.29, 1.82) is 0 Å². The summed E-state index contributed by atoms with van der Waals surface area (Å²) >= 11 is 0. The van der Waals surface area contributed by atoms with Gasteiger partial charge >= 0.3 is 5.97 Å². The number of aryl methyl sites for hydroxylation is 1. The summed E-state index contributed by atoms with van der Waals surface area (Å²) in [7, 11) is 1.56. The van der Waals surface area contributed by atoms with Gasteiger partial charge in [0, 0.05) is 31.5 Å². The van der Waals surface area contributed by atoms with Crippen LogP contribution in [-0.2, 0) is 17.6 Å². The number of methoxy groups -OCH3 is 1. The van der Waals surface area contributed by atoms with E-state index in [1.807, 2.05) is 6.07 Å². The number of hydrogen-bond acceptors (Lipinski definition) is 6. The van der Waals surface area contributed by atoms with E-state index in [1.54, 1.807) is 19.4 Å². The van der Waals surface area contributed by atoms with Gasteiger partial charge in [0.05, 0.1) is 7.11 Å². The minimum absolute atomic E-state index is 0.0973. The predicted molar refractivity (Wildman–Crippen MR) is 68.5 cm³/mol. The van der Waals surface area contributed by atoms with E-state index in [9.17, 15) is 4.79 Å². The fourth-order valence-corrected chi connectivity index (χ4v) is 1.67. The molecule has 0 atom stereocenters. The van der Waals surface area contributed by atoms with Crippen LogP contribution in [0, 0.1) is 0 Å². The first-order chi connectivity index (χ1) is 9.67. The molecule has 2 aromatic heterocycles. The maximum Gasteiger partial charge on any atom is 0.303 e. The maximum atomic E-state index is 10.4. The molecule has 1 N–H and O–H groups in total. The monoisotopic (exact) mass is 277 g/mol. The molecule has 2 rings (SSSR count). The minimum atomic E-state index is -0.825. The number of aromatic nitrogens is 3. The van der Waals surface area contributed by atoms with E-state index >= 15 is 0 Å². The first-order valence-electron chi connectivity index (χ1n) is 6.19. The fourth-order valence-electron chi connectivity index (χ4n) is 1.67. The van der Waals surface area contributed by atoms with Crippen LogP contribution in [0.3, 0.4) is 0 Å². The van der Waals surface area contributed by atoms with Gasteiger partial charge in [0.15, 0.2) is 5.82 Å². The molecule has 7 heteroatoms. The fraction of sp³-hybridized carbons (Fsp3) is 0.385. The Balaban J connectivity index is 1.89. The SMILES string of the molecule is COc1ccc(Cc2noc(CCCC(=O)O)n2)cn1. The van der Waals surface area contributed by atoms with E-state index in [0.717, 1.165) is 5.56 Å². The van der Waals surface area contributed by atoms with Gasteiger partial charge in [0.1, 0.15) is 0 Å². The lowest BCUT2D eigenvalue weighted by Crippen LogP contribution is -1.96. The standard InChI is InChI=1S/C13H15N3O4/c1-19-11-6-5-9(8-14-11)7-10-15-12(20-16-10)3-2-4-13(17)18/h5-6,8H,2-4,7H2,1H3,(H,17,18). The average Bonchev–Trinajstić information content (AvgIpc) is 2.87. The van der Waals surface area contributed by atoms with Gasteiger partial charge in [0.25, 0.3) is 0 Å². The second-order valence-electron chi connectivity index (χ2n) is 4.24. The van der Waals surface area contributed by atoms with Gasteiger partial charge in [-0.25, -0.2) is 4.98 Å². The van der Waals surface area contributed by atoms with Crippen LogP contribution in [-0.4, -0.2) is 33.3 Å². The number of rotatable bonds is 7. The van der Waals surface area contributed by atoms with Crippen molar-refractivity contribution in [2.45, 2.75) is 25.7 Å². The molecule has 0 aromatic carbocycles. The van der Waals surface area contributed by atoms with Crippen LogP contribution < -0.4 is 4.74 Å². The number of aliphatic carboxylic acids is 1. The molecule has 0 aliphatic carbocycles. The summed E-state index contributed by atoms with van der Waals surface area (Å²) in [5, 5.41) is 12.4. The molecule has 2 heterocycles. The van der Waals surface area contributed by atoms with Gasteiger partial charge in [0.2, 0.25) is 11.8 Å². The van der Waals surface area contributed by atoms with Crippen molar-refractivity contribution < 1.29 is 19.2 Å². The molecule has 0 saturated carbocycles. The van der Waals surface area contributed by atoms with E-state index in [-0.39, 0.29) is 6.42 Å². The number of pyridine rings is 1. The van der Waals surface area contributed by atoms with Gasteiger partial charge in [-0.1, -0.05) is 11.2 Å². The topological polar surface area (TPSA) is 98.3 Å². The average molecular weight is 277 g/mol. The van der Waals surface area contributed by atoms with Crippen LogP contribution in [0.1, 0.15) is 30.1 Å². The normalized spacial score (nSPS) is 10.4.